The topological polar surface area (TPSA) is 34.5 Å². The Morgan fingerprint density at radius 1 is 1.39 bits per heavy atom. The van der Waals surface area contributed by atoms with Gasteiger partial charge in [0.15, 0.2) is 0 Å². The molecule has 0 N–H and O–H groups in total. The van der Waals surface area contributed by atoms with Crippen molar-refractivity contribution < 1.29 is 9.53 Å². The quantitative estimate of drug-likeness (QED) is 0.704. The summed E-state index contributed by atoms with van der Waals surface area (Å²) in [4.78, 5) is 14.1. The largest absolute Gasteiger partial charge is 0.381 e. The Hall–Kier alpha value is -1.55. The minimum atomic E-state index is -0.189. The van der Waals surface area contributed by atoms with Crippen molar-refractivity contribution in [1.82, 2.24) is 9.47 Å². The van der Waals surface area contributed by atoms with Gasteiger partial charge >= 0.3 is 0 Å². The van der Waals surface area contributed by atoms with Crippen LogP contribution in [0.25, 0.3) is 0 Å². The van der Waals surface area contributed by atoms with Crippen molar-refractivity contribution in [3.8, 4) is 0 Å². The van der Waals surface area contributed by atoms with Gasteiger partial charge in [0.05, 0.1) is 5.54 Å². The Balaban J connectivity index is 2.07. The van der Waals surface area contributed by atoms with E-state index in [4.69, 9.17) is 4.74 Å². The number of hydrogen-bond acceptors (Lipinski definition) is 2. The lowest BCUT2D eigenvalue weighted by atomic mass is 9.83. The summed E-state index contributed by atoms with van der Waals surface area (Å²) in [7, 11) is 0. The molecule has 0 aliphatic carbocycles. The third kappa shape index (κ3) is 1.52. The summed E-state index contributed by atoms with van der Waals surface area (Å²) in [5.74, 6) is 0.0318. The van der Waals surface area contributed by atoms with Crippen LogP contribution >= 0.6 is 0 Å². The number of aromatic nitrogens is 1. The van der Waals surface area contributed by atoms with Gasteiger partial charge in [0.1, 0.15) is 0 Å². The Labute approximate surface area is 107 Å². The molecule has 0 bridgehead atoms. The van der Waals surface area contributed by atoms with Gasteiger partial charge in [-0.3, -0.25) is 4.79 Å². The Bertz CT molecular complexity index is 472. The first-order valence-corrected chi connectivity index (χ1v) is 6.45. The molecule has 0 radical (unpaired) electrons. The maximum atomic E-state index is 12.1. The molecule has 1 aromatic rings. The molecule has 3 rings (SSSR count). The lowest BCUT2D eigenvalue weighted by Crippen LogP contribution is -2.56. The second-order valence-electron chi connectivity index (χ2n) is 4.92. The van der Waals surface area contributed by atoms with Crippen molar-refractivity contribution in [3.05, 3.63) is 36.7 Å². The lowest BCUT2D eigenvalue weighted by molar-refractivity contribution is -0.140. The molecule has 0 aromatic carbocycles. The summed E-state index contributed by atoms with van der Waals surface area (Å²) in [6.45, 7) is 6.68. The van der Waals surface area contributed by atoms with E-state index in [2.05, 4.69) is 29.5 Å². The highest BCUT2D eigenvalue weighted by Gasteiger charge is 2.45. The van der Waals surface area contributed by atoms with Gasteiger partial charge in [-0.05, 0) is 31.1 Å². The summed E-state index contributed by atoms with van der Waals surface area (Å²) in [6, 6.07) is 4.20. The third-order valence-corrected chi connectivity index (χ3v) is 4.15. The molecule has 4 nitrogen and oxygen atoms in total. The summed E-state index contributed by atoms with van der Waals surface area (Å²) in [6.07, 6.45) is 5.27. The average molecular weight is 246 g/mol. The van der Waals surface area contributed by atoms with Crippen molar-refractivity contribution in [2.24, 2.45) is 0 Å². The van der Waals surface area contributed by atoms with Gasteiger partial charge in [-0.25, -0.2) is 0 Å². The molecule has 1 fully saturated rings. The maximum Gasteiger partial charge on any atom is 0.246 e. The van der Waals surface area contributed by atoms with Crippen molar-refractivity contribution >= 4 is 5.91 Å². The molecule has 18 heavy (non-hydrogen) atoms. The van der Waals surface area contributed by atoms with Crippen LogP contribution in [-0.4, -0.2) is 35.1 Å². The predicted octanol–water partition coefficient (Wildman–Crippen LogP) is 1.52. The number of nitrogens with zero attached hydrogens (tertiary/aromatic N) is 2. The number of amides is 1. The Morgan fingerprint density at radius 3 is 2.89 bits per heavy atom. The Kier molecular flexibility index (Phi) is 2.74. The van der Waals surface area contributed by atoms with E-state index < -0.39 is 0 Å². The zero-order valence-electron chi connectivity index (χ0n) is 10.5. The molecule has 2 aliphatic heterocycles. The standard InChI is InChI=1S/C14H18N2O2/c1-2-13(17)16-9-8-15-7-3-4-12(15)14(16)5-10-18-11-6-14/h2-4,7H,1,5-6,8-11H2. The second kappa shape index (κ2) is 4.28. The summed E-state index contributed by atoms with van der Waals surface area (Å²) in [5.41, 5.74) is 1.05. The van der Waals surface area contributed by atoms with Crippen molar-refractivity contribution in [1.29, 1.82) is 0 Å². The number of carbonyl (C=O) groups excluding carboxylic acids is 1. The van der Waals surface area contributed by atoms with Crippen LogP contribution < -0.4 is 0 Å². The number of fused-ring (bicyclic) bond motifs is 2. The van der Waals surface area contributed by atoms with Gasteiger partial charge in [-0.2, -0.15) is 0 Å². The minimum absolute atomic E-state index is 0.0318. The van der Waals surface area contributed by atoms with Gasteiger partial charge in [0, 0.05) is 38.2 Å². The van der Waals surface area contributed by atoms with Gasteiger partial charge in [0.2, 0.25) is 5.91 Å². The fourth-order valence-corrected chi connectivity index (χ4v) is 3.26. The highest BCUT2D eigenvalue weighted by atomic mass is 16.5. The smallest absolute Gasteiger partial charge is 0.246 e. The van der Waals surface area contributed by atoms with E-state index in [1.54, 1.807) is 0 Å². The monoisotopic (exact) mass is 246 g/mol. The molecule has 1 aromatic heterocycles. The van der Waals surface area contributed by atoms with Crippen LogP contribution in [0.4, 0.5) is 0 Å². The average Bonchev–Trinajstić information content (AvgIpc) is 2.89. The van der Waals surface area contributed by atoms with Crippen molar-refractivity contribution in [2.45, 2.75) is 24.9 Å². The van der Waals surface area contributed by atoms with Crippen LogP contribution in [0.2, 0.25) is 0 Å². The fourth-order valence-electron chi connectivity index (χ4n) is 3.26. The summed E-state index contributed by atoms with van der Waals surface area (Å²) in [5, 5.41) is 0. The van der Waals surface area contributed by atoms with Crippen LogP contribution in [0, 0.1) is 0 Å². The molecule has 1 saturated heterocycles. The summed E-state index contributed by atoms with van der Waals surface area (Å²) >= 11 is 0. The lowest BCUT2D eigenvalue weighted by Gasteiger charge is -2.49. The molecule has 1 spiro atoms. The van der Waals surface area contributed by atoms with Crippen LogP contribution in [0.15, 0.2) is 31.0 Å². The maximum absolute atomic E-state index is 12.1. The predicted molar refractivity (Wildman–Crippen MR) is 68.1 cm³/mol. The van der Waals surface area contributed by atoms with Gasteiger partial charge in [-0.1, -0.05) is 6.58 Å². The van der Waals surface area contributed by atoms with Gasteiger partial charge < -0.3 is 14.2 Å². The molecule has 3 heterocycles. The van der Waals surface area contributed by atoms with Crippen LogP contribution in [0.5, 0.6) is 0 Å². The van der Waals surface area contributed by atoms with E-state index in [1.807, 2.05) is 4.90 Å². The van der Waals surface area contributed by atoms with Crippen LogP contribution in [0.1, 0.15) is 18.5 Å². The molecule has 0 saturated carbocycles. The zero-order valence-corrected chi connectivity index (χ0v) is 10.5. The van der Waals surface area contributed by atoms with E-state index in [0.29, 0.717) is 13.2 Å². The molecule has 2 aliphatic rings. The second-order valence-corrected chi connectivity index (χ2v) is 4.92. The highest BCUT2D eigenvalue weighted by Crippen LogP contribution is 2.41. The Morgan fingerprint density at radius 2 is 2.17 bits per heavy atom. The van der Waals surface area contributed by atoms with E-state index in [-0.39, 0.29) is 11.4 Å². The molecular weight excluding hydrogens is 228 g/mol. The van der Waals surface area contributed by atoms with E-state index >= 15 is 0 Å². The van der Waals surface area contributed by atoms with Crippen LogP contribution in [-0.2, 0) is 21.6 Å². The first-order valence-electron chi connectivity index (χ1n) is 6.45. The van der Waals surface area contributed by atoms with Crippen molar-refractivity contribution in [2.75, 3.05) is 19.8 Å². The first kappa shape index (κ1) is 11.5. The molecule has 1 amide bonds. The number of ether oxygens (including phenoxy) is 1. The van der Waals surface area contributed by atoms with Gasteiger partial charge in [0.25, 0.3) is 0 Å². The minimum Gasteiger partial charge on any atom is -0.381 e. The van der Waals surface area contributed by atoms with Gasteiger partial charge in [-0.15, -0.1) is 0 Å². The summed E-state index contributed by atoms with van der Waals surface area (Å²) < 4.78 is 7.74. The van der Waals surface area contributed by atoms with E-state index in [9.17, 15) is 4.79 Å². The van der Waals surface area contributed by atoms with Crippen LogP contribution in [0.3, 0.4) is 0 Å². The molecule has 0 unspecified atom stereocenters. The molecule has 0 atom stereocenters. The SMILES string of the molecule is C=CC(=O)N1CCn2cccc2C12CCOCC2. The fraction of sp³-hybridized carbons (Fsp3) is 0.500. The number of carbonyl (C=O) groups is 1. The van der Waals surface area contributed by atoms with E-state index in [0.717, 1.165) is 25.9 Å². The van der Waals surface area contributed by atoms with E-state index in [1.165, 1.54) is 11.8 Å². The zero-order chi connectivity index (χ0) is 12.6. The third-order valence-electron chi connectivity index (χ3n) is 4.15. The molecule has 4 heteroatoms. The number of rotatable bonds is 1. The normalized spacial score (nSPS) is 21.7. The molecule has 96 valence electrons. The highest BCUT2D eigenvalue weighted by molar-refractivity contribution is 5.88. The number of hydrogen-bond donors (Lipinski definition) is 0. The van der Waals surface area contributed by atoms with Crippen molar-refractivity contribution in [3.63, 3.8) is 0 Å². The molecular formula is C14H18N2O2. The first-order chi connectivity index (χ1) is 8.78.